The van der Waals surface area contributed by atoms with Crippen LogP contribution in [-0.4, -0.2) is 34.2 Å². The number of fused-ring (bicyclic) bond motifs is 2. The van der Waals surface area contributed by atoms with Gasteiger partial charge in [0, 0.05) is 22.6 Å². The fourth-order valence-electron chi connectivity index (χ4n) is 3.86. The first kappa shape index (κ1) is 21.8. The first-order valence-electron chi connectivity index (χ1n) is 10.7. The quantitative estimate of drug-likeness (QED) is 0.355. The van der Waals surface area contributed by atoms with Gasteiger partial charge in [0.25, 0.3) is 11.5 Å². The number of carbonyl (C=O) groups is 1. The Kier molecular flexibility index (Phi) is 5.76. The molecule has 0 fully saturated rings. The molecule has 0 atom stereocenters. The SMILES string of the molecule is CCCCCOc1ccc(-c2nc3s/c(=C4\C(=O)N(C)c5ccc(Br)cc54)c(=O)n3n2)cc1. The third-order valence-corrected chi connectivity index (χ3v) is 7.14. The Morgan fingerprint density at radius 1 is 1.09 bits per heavy atom. The zero-order chi connectivity index (χ0) is 23.1. The van der Waals surface area contributed by atoms with Gasteiger partial charge in [0.1, 0.15) is 10.3 Å². The van der Waals surface area contributed by atoms with Gasteiger partial charge in [-0.25, -0.2) is 0 Å². The molecule has 4 aromatic rings. The van der Waals surface area contributed by atoms with Crippen molar-refractivity contribution in [3.63, 3.8) is 0 Å². The molecule has 0 bridgehead atoms. The van der Waals surface area contributed by atoms with Gasteiger partial charge in [-0.05, 0) is 48.9 Å². The van der Waals surface area contributed by atoms with E-state index in [1.165, 1.54) is 15.9 Å². The number of likely N-dealkylation sites (N-methyl/N-ethyl adjacent to an activating group) is 1. The van der Waals surface area contributed by atoms with Crippen molar-refractivity contribution in [3.8, 4) is 17.1 Å². The summed E-state index contributed by atoms with van der Waals surface area (Å²) in [7, 11) is 1.71. The number of anilines is 1. The minimum atomic E-state index is -0.339. The average molecular weight is 525 g/mol. The predicted octanol–water partition coefficient (Wildman–Crippen LogP) is 4.04. The molecule has 33 heavy (non-hydrogen) atoms. The maximum atomic E-state index is 13.2. The maximum Gasteiger partial charge on any atom is 0.291 e. The summed E-state index contributed by atoms with van der Waals surface area (Å²) in [6, 6.07) is 13.1. The number of aromatic nitrogens is 3. The number of thiazole rings is 1. The van der Waals surface area contributed by atoms with E-state index in [1.54, 1.807) is 11.9 Å². The van der Waals surface area contributed by atoms with Crippen LogP contribution in [0.1, 0.15) is 31.7 Å². The van der Waals surface area contributed by atoms with Gasteiger partial charge in [-0.3, -0.25) is 9.59 Å². The Balaban J connectivity index is 1.50. The highest BCUT2D eigenvalue weighted by atomic mass is 79.9. The number of nitrogens with zero attached hydrogens (tertiary/aromatic N) is 4. The third-order valence-electron chi connectivity index (χ3n) is 5.62. The lowest BCUT2D eigenvalue weighted by molar-refractivity contribution is -0.112. The van der Waals surface area contributed by atoms with Crippen LogP contribution < -0.4 is 19.7 Å². The number of rotatable bonds is 6. The molecule has 7 nitrogen and oxygen atoms in total. The standard InChI is InChI=1S/C24H21BrN4O3S/c1-3-4-5-12-32-16-9-6-14(7-10-16)21-26-24-29(27-21)23(31)20(33-24)19-17-13-15(25)8-11-18(17)28(2)22(19)30/h6-11,13H,3-5,12H2,1-2H3/b20-19-. The lowest BCUT2D eigenvalue weighted by Crippen LogP contribution is -2.30. The molecule has 0 saturated heterocycles. The summed E-state index contributed by atoms with van der Waals surface area (Å²) >= 11 is 4.64. The van der Waals surface area contributed by atoms with Gasteiger partial charge in [0.05, 0.1) is 17.9 Å². The Morgan fingerprint density at radius 3 is 2.61 bits per heavy atom. The molecule has 0 spiro atoms. The molecule has 1 aliphatic heterocycles. The summed E-state index contributed by atoms with van der Waals surface area (Å²) in [6.45, 7) is 2.86. The molecule has 1 aliphatic rings. The number of ether oxygens (including phenoxy) is 1. The first-order chi connectivity index (χ1) is 16.0. The van der Waals surface area contributed by atoms with Crippen molar-refractivity contribution in [3.05, 3.63) is 67.4 Å². The van der Waals surface area contributed by atoms with Crippen molar-refractivity contribution >= 4 is 49.4 Å². The molecule has 1 amide bonds. The molecule has 168 valence electrons. The van der Waals surface area contributed by atoms with E-state index in [9.17, 15) is 9.59 Å². The van der Waals surface area contributed by atoms with Crippen molar-refractivity contribution in [2.75, 3.05) is 18.6 Å². The largest absolute Gasteiger partial charge is 0.494 e. The van der Waals surface area contributed by atoms with E-state index in [0.717, 1.165) is 46.3 Å². The Bertz CT molecular complexity index is 1480. The van der Waals surface area contributed by atoms with Crippen LogP contribution in [0.5, 0.6) is 5.75 Å². The number of benzene rings is 2. The molecule has 0 radical (unpaired) electrons. The molecule has 2 aromatic heterocycles. The zero-order valence-electron chi connectivity index (χ0n) is 18.2. The molecule has 2 aromatic carbocycles. The van der Waals surface area contributed by atoms with Crippen LogP contribution in [0, 0.1) is 0 Å². The van der Waals surface area contributed by atoms with Crippen molar-refractivity contribution in [1.29, 1.82) is 0 Å². The normalized spacial score (nSPS) is 14.9. The molecule has 0 N–H and O–H groups in total. The molecular weight excluding hydrogens is 504 g/mol. The average Bonchev–Trinajstić information content (AvgIpc) is 3.43. The summed E-state index contributed by atoms with van der Waals surface area (Å²) in [5.41, 5.74) is 2.35. The van der Waals surface area contributed by atoms with Crippen molar-refractivity contribution < 1.29 is 9.53 Å². The topological polar surface area (TPSA) is 76.8 Å². The number of halogens is 1. The lowest BCUT2D eigenvalue weighted by Gasteiger charge is -2.08. The molecule has 0 aliphatic carbocycles. The second-order valence-electron chi connectivity index (χ2n) is 7.85. The summed E-state index contributed by atoms with van der Waals surface area (Å²) in [5.74, 6) is 1.05. The minimum absolute atomic E-state index is 0.209. The van der Waals surface area contributed by atoms with Crippen LogP contribution in [0.3, 0.4) is 0 Å². The Hall–Kier alpha value is -3.04. The zero-order valence-corrected chi connectivity index (χ0v) is 20.6. The highest BCUT2D eigenvalue weighted by Crippen LogP contribution is 2.36. The van der Waals surface area contributed by atoms with Gasteiger partial charge >= 0.3 is 0 Å². The molecule has 5 rings (SSSR count). The van der Waals surface area contributed by atoms with Gasteiger partial charge in [0.2, 0.25) is 4.96 Å². The fraction of sp³-hybridized carbons (Fsp3) is 0.250. The lowest BCUT2D eigenvalue weighted by atomic mass is 10.1. The number of hydrogen-bond donors (Lipinski definition) is 0. The van der Waals surface area contributed by atoms with Crippen LogP contribution in [-0.2, 0) is 4.79 Å². The minimum Gasteiger partial charge on any atom is -0.494 e. The van der Waals surface area contributed by atoms with Crippen LogP contribution in [0.25, 0.3) is 21.9 Å². The molecule has 0 saturated carbocycles. The van der Waals surface area contributed by atoms with Gasteiger partial charge in [-0.1, -0.05) is 47.0 Å². The van der Waals surface area contributed by atoms with E-state index in [0.29, 0.717) is 27.5 Å². The highest BCUT2D eigenvalue weighted by molar-refractivity contribution is 9.10. The molecule has 3 heterocycles. The van der Waals surface area contributed by atoms with Crippen LogP contribution in [0.4, 0.5) is 5.69 Å². The Morgan fingerprint density at radius 2 is 1.88 bits per heavy atom. The second kappa shape index (κ2) is 8.72. The summed E-state index contributed by atoms with van der Waals surface area (Å²) in [4.78, 5) is 32.7. The van der Waals surface area contributed by atoms with Crippen LogP contribution in [0.2, 0.25) is 0 Å². The molecular formula is C24H21BrN4O3S. The summed E-state index contributed by atoms with van der Waals surface area (Å²) in [5, 5.41) is 4.42. The Labute approximate surface area is 202 Å². The van der Waals surface area contributed by atoms with Gasteiger partial charge in [-0.15, -0.1) is 5.10 Å². The van der Waals surface area contributed by atoms with Crippen molar-refractivity contribution in [1.82, 2.24) is 14.6 Å². The van der Waals surface area contributed by atoms with E-state index in [4.69, 9.17) is 4.74 Å². The monoisotopic (exact) mass is 524 g/mol. The summed E-state index contributed by atoms with van der Waals surface area (Å²) in [6.07, 6.45) is 3.34. The third kappa shape index (κ3) is 3.85. The number of amides is 1. The van der Waals surface area contributed by atoms with E-state index < -0.39 is 0 Å². The van der Waals surface area contributed by atoms with Gasteiger partial charge in [-0.2, -0.15) is 9.50 Å². The number of unbranched alkanes of at least 4 members (excludes halogenated alkanes) is 2. The van der Waals surface area contributed by atoms with E-state index in [2.05, 4.69) is 32.9 Å². The number of carbonyl (C=O) groups excluding carboxylic acids is 1. The van der Waals surface area contributed by atoms with Crippen molar-refractivity contribution in [2.45, 2.75) is 26.2 Å². The van der Waals surface area contributed by atoms with E-state index in [1.807, 2.05) is 42.5 Å². The number of hydrogen-bond acceptors (Lipinski definition) is 6. The van der Waals surface area contributed by atoms with E-state index in [-0.39, 0.29) is 11.5 Å². The molecule has 9 heteroatoms. The maximum absolute atomic E-state index is 13.2. The van der Waals surface area contributed by atoms with E-state index >= 15 is 0 Å². The second-order valence-corrected chi connectivity index (χ2v) is 9.74. The van der Waals surface area contributed by atoms with Crippen LogP contribution in [0.15, 0.2) is 51.7 Å². The predicted molar refractivity (Wildman–Crippen MR) is 133 cm³/mol. The van der Waals surface area contributed by atoms with Crippen LogP contribution >= 0.6 is 27.3 Å². The first-order valence-corrected chi connectivity index (χ1v) is 12.3. The van der Waals surface area contributed by atoms with Gasteiger partial charge in [0.15, 0.2) is 5.82 Å². The molecule has 0 unspecified atom stereocenters. The fourth-order valence-corrected chi connectivity index (χ4v) is 5.22. The van der Waals surface area contributed by atoms with Gasteiger partial charge < -0.3 is 9.64 Å². The van der Waals surface area contributed by atoms with Crippen molar-refractivity contribution in [2.24, 2.45) is 0 Å². The summed E-state index contributed by atoms with van der Waals surface area (Å²) < 4.78 is 8.22. The smallest absolute Gasteiger partial charge is 0.291 e. The highest BCUT2D eigenvalue weighted by Gasteiger charge is 2.32.